The van der Waals surface area contributed by atoms with E-state index in [4.69, 9.17) is 4.74 Å². The van der Waals surface area contributed by atoms with Crippen LogP contribution in [-0.4, -0.2) is 47.1 Å². The van der Waals surface area contributed by atoms with Crippen molar-refractivity contribution in [2.24, 2.45) is 17.3 Å². The molecule has 5 nitrogen and oxygen atoms in total. The molecule has 0 spiro atoms. The Kier molecular flexibility index (Phi) is 8.64. The third kappa shape index (κ3) is 5.03. The van der Waals surface area contributed by atoms with Gasteiger partial charge in [0, 0.05) is 17.8 Å². The molecule has 1 aromatic carbocycles. The van der Waals surface area contributed by atoms with Gasteiger partial charge in [0.2, 0.25) is 0 Å². The zero-order valence-corrected chi connectivity index (χ0v) is 25.6. The van der Waals surface area contributed by atoms with E-state index in [9.17, 15) is 27.9 Å². The van der Waals surface area contributed by atoms with Crippen molar-refractivity contribution < 1.29 is 41.4 Å². The number of nitrogens with one attached hydrogen (secondary N) is 1. The van der Waals surface area contributed by atoms with Gasteiger partial charge in [0.1, 0.15) is 17.7 Å². The predicted molar refractivity (Wildman–Crippen MR) is 155 cm³/mol. The number of hydrogen-bond donors (Lipinski definition) is 2. The molecule has 2 saturated carbocycles. The lowest BCUT2D eigenvalue weighted by Gasteiger charge is -2.56. The van der Waals surface area contributed by atoms with Crippen molar-refractivity contribution in [2.45, 2.75) is 107 Å². The monoisotopic (exact) mass is 643 g/mol. The Hall–Kier alpha value is -2.30. The van der Waals surface area contributed by atoms with E-state index in [0.717, 1.165) is 40.8 Å². The first-order chi connectivity index (χ1) is 20.2. The highest BCUT2D eigenvalue weighted by molar-refractivity contribution is 5.93. The van der Waals surface area contributed by atoms with Crippen LogP contribution in [0.2, 0.25) is 0 Å². The lowest BCUT2D eigenvalue weighted by atomic mass is 9.50. The lowest BCUT2D eigenvalue weighted by molar-refractivity contribution is -0.362. The minimum absolute atomic E-state index is 0. The molecule has 11 heteroatoms. The number of aliphatic hydroxyl groups is 1. The molecule has 242 valence electrons. The normalized spacial score (nSPS) is 34.4. The van der Waals surface area contributed by atoms with E-state index in [-0.39, 0.29) is 49.0 Å². The molecule has 0 radical (unpaired) electrons. The van der Waals surface area contributed by atoms with Gasteiger partial charge in [0.25, 0.3) is 0 Å². The number of esters is 1. The smallest absolute Gasteiger partial charge is 0.456 e. The van der Waals surface area contributed by atoms with Crippen molar-refractivity contribution in [3.63, 3.8) is 0 Å². The molecule has 0 aromatic heterocycles. The molecule has 0 amide bonds. The largest absolute Gasteiger partial charge is 0.457 e. The lowest BCUT2D eigenvalue weighted by Crippen LogP contribution is -2.65. The van der Waals surface area contributed by atoms with Gasteiger partial charge in [-0.25, -0.2) is 0 Å². The van der Waals surface area contributed by atoms with E-state index in [1.54, 1.807) is 25.1 Å². The highest BCUT2D eigenvalue weighted by Crippen LogP contribution is 2.70. The van der Waals surface area contributed by atoms with Gasteiger partial charge >= 0.3 is 18.1 Å². The summed E-state index contributed by atoms with van der Waals surface area (Å²) in [5.41, 5.74) is -0.488. The van der Waals surface area contributed by atoms with E-state index in [0.29, 0.717) is 32.1 Å². The van der Waals surface area contributed by atoms with Crippen molar-refractivity contribution >= 4 is 24.2 Å². The van der Waals surface area contributed by atoms with Crippen LogP contribution in [0, 0.1) is 17.3 Å². The summed E-state index contributed by atoms with van der Waals surface area (Å²) in [6, 6.07) is 6.93. The molecule has 5 aliphatic rings. The molecule has 3 fully saturated rings. The number of hydrogen-bond acceptors (Lipinski definition) is 5. The van der Waals surface area contributed by atoms with Crippen LogP contribution in [-0.2, 0) is 14.3 Å². The number of allylic oxidation sites excluding steroid dienone is 4. The molecule has 2 unspecified atom stereocenters. The maximum Gasteiger partial charge on any atom is 0.456 e. The van der Waals surface area contributed by atoms with Crippen molar-refractivity contribution in [1.29, 1.82) is 0 Å². The highest BCUT2D eigenvalue weighted by Gasteiger charge is 2.79. The van der Waals surface area contributed by atoms with Crippen molar-refractivity contribution in [1.82, 2.24) is 5.32 Å². The highest BCUT2D eigenvalue weighted by atomic mass is 35.5. The Morgan fingerprint density at radius 1 is 1.07 bits per heavy atom. The van der Waals surface area contributed by atoms with Crippen LogP contribution in [0.15, 0.2) is 47.1 Å². The van der Waals surface area contributed by atoms with Crippen LogP contribution in [0.4, 0.5) is 22.0 Å². The van der Waals surface area contributed by atoms with Gasteiger partial charge in [0.15, 0.2) is 5.78 Å². The average Bonchev–Trinajstić information content (AvgIpc) is 3.59. The van der Waals surface area contributed by atoms with Gasteiger partial charge in [-0.2, -0.15) is 22.0 Å². The van der Waals surface area contributed by atoms with Gasteiger partial charge in [-0.1, -0.05) is 36.8 Å². The molecular weight excluding hydrogens is 605 g/mol. The number of carbonyl (C=O) groups is 2. The second-order valence-corrected chi connectivity index (χ2v) is 13.4. The van der Waals surface area contributed by atoms with Gasteiger partial charge in [-0.15, -0.1) is 12.4 Å². The summed E-state index contributed by atoms with van der Waals surface area (Å²) < 4.78 is 77.4. The number of alkyl halides is 5. The summed E-state index contributed by atoms with van der Waals surface area (Å²) in [6.07, 6.45) is -1.85. The van der Waals surface area contributed by atoms with Crippen LogP contribution in [0.5, 0.6) is 0 Å². The van der Waals surface area contributed by atoms with Crippen molar-refractivity contribution in [3.8, 4) is 0 Å². The maximum atomic E-state index is 15.2. The SMILES string of the molecule is C[C@H](OC(=O)[C@@H]1CCCN1)c1ccc([C@H]2C[C@@]3(C)C(CC[C@@]3(O)C(F)(F)C(F)(F)F)C3CCC4=CC(=O)CCC4=C32)cc1.Cl. The molecular formula is C33H39ClF5NO4. The van der Waals surface area contributed by atoms with Crippen LogP contribution in [0.25, 0.3) is 0 Å². The average molecular weight is 644 g/mol. The van der Waals surface area contributed by atoms with Gasteiger partial charge in [-0.3, -0.25) is 9.59 Å². The molecule has 7 atom stereocenters. The van der Waals surface area contributed by atoms with Crippen LogP contribution in [0.1, 0.15) is 94.8 Å². The van der Waals surface area contributed by atoms with E-state index in [2.05, 4.69) is 5.32 Å². The minimum Gasteiger partial charge on any atom is -0.457 e. The second kappa shape index (κ2) is 11.5. The van der Waals surface area contributed by atoms with E-state index in [1.807, 2.05) is 12.1 Å². The molecule has 1 heterocycles. The summed E-state index contributed by atoms with van der Waals surface area (Å²) in [5, 5.41) is 14.5. The Bertz CT molecular complexity index is 1370. The number of fused-ring (bicyclic) bond motifs is 4. The number of benzene rings is 1. The Balaban J connectivity index is 0.00000384. The standard InChI is InChI=1S/C33H38F5NO4.ClH/c1-18(43-29(41)27-4-3-15-39-27)19-5-7-20(8-6-19)25-17-30(2)26(13-14-31(30,42)32(34,35)33(36,37)38)24-11-9-21-16-22(40)10-12-23(21)28(24)25;/h5-8,16,18,24-27,39,42H,3-4,9-15,17H2,1-2H3;1H/t18-,24?,25+,26?,27-,30-,31-;/m0./s1. The fraction of sp³-hybridized carbons (Fsp3) is 0.636. The van der Waals surface area contributed by atoms with Crippen LogP contribution >= 0.6 is 12.4 Å². The zero-order valence-electron chi connectivity index (χ0n) is 24.8. The summed E-state index contributed by atoms with van der Waals surface area (Å²) >= 11 is 0. The van der Waals surface area contributed by atoms with Gasteiger partial charge in [-0.05, 0) is 105 Å². The quantitative estimate of drug-likeness (QED) is 0.260. The van der Waals surface area contributed by atoms with E-state index in [1.165, 1.54) is 6.92 Å². The number of ketones is 1. The van der Waals surface area contributed by atoms with E-state index >= 15 is 8.78 Å². The summed E-state index contributed by atoms with van der Waals surface area (Å²) in [7, 11) is 0. The molecule has 4 aliphatic carbocycles. The van der Waals surface area contributed by atoms with Crippen molar-refractivity contribution in [2.75, 3.05) is 6.54 Å². The second-order valence-electron chi connectivity index (χ2n) is 13.4. The minimum atomic E-state index is -5.89. The molecule has 0 bridgehead atoms. The molecule has 1 aromatic rings. The summed E-state index contributed by atoms with van der Waals surface area (Å²) in [4.78, 5) is 24.8. The number of halogens is 6. The van der Waals surface area contributed by atoms with Crippen molar-refractivity contribution in [3.05, 3.63) is 58.2 Å². The first-order valence-corrected chi connectivity index (χ1v) is 15.4. The van der Waals surface area contributed by atoms with Crippen LogP contribution < -0.4 is 5.32 Å². The van der Waals surface area contributed by atoms with Gasteiger partial charge < -0.3 is 15.2 Å². The first kappa shape index (κ1) is 33.1. The van der Waals surface area contributed by atoms with Gasteiger partial charge in [0.05, 0.1) is 0 Å². The molecule has 1 saturated heterocycles. The number of carbonyl (C=O) groups excluding carboxylic acids is 2. The predicted octanol–water partition coefficient (Wildman–Crippen LogP) is 7.29. The fourth-order valence-corrected chi connectivity index (χ4v) is 8.92. The van der Waals surface area contributed by atoms with E-state index < -0.39 is 47.5 Å². The molecule has 2 N–H and O–H groups in total. The Labute approximate surface area is 260 Å². The topological polar surface area (TPSA) is 75.6 Å². The molecule has 44 heavy (non-hydrogen) atoms. The third-order valence-corrected chi connectivity index (χ3v) is 11.2. The molecule has 6 rings (SSSR count). The maximum absolute atomic E-state index is 15.2. The number of ether oxygens (including phenoxy) is 1. The fourth-order valence-electron chi connectivity index (χ4n) is 8.92. The summed E-state index contributed by atoms with van der Waals surface area (Å²) in [5.74, 6) is -6.90. The third-order valence-electron chi connectivity index (χ3n) is 11.2. The zero-order chi connectivity index (χ0) is 30.9. The van der Waals surface area contributed by atoms with Crippen LogP contribution in [0.3, 0.4) is 0 Å². The Morgan fingerprint density at radius 3 is 2.41 bits per heavy atom. The summed E-state index contributed by atoms with van der Waals surface area (Å²) in [6.45, 7) is 3.95. The first-order valence-electron chi connectivity index (χ1n) is 15.4. The molecule has 1 aliphatic heterocycles. The number of rotatable bonds is 5. The Morgan fingerprint density at radius 2 is 1.77 bits per heavy atom.